The zero-order valence-electron chi connectivity index (χ0n) is 13.5. The maximum absolute atomic E-state index is 8.58. The second-order valence-electron chi connectivity index (χ2n) is 6.03. The maximum atomic E-state index is 8.58. The van der Waals surface area contributed by atoms with Gasteiger partial charge in [0.1, 0.15) is 0 Å². The van der Waals surface area contributed by atoms with Gasteiger partial charge in [0.05, 0.1) is 0 Å². The molecule has 1 saturated heterocycles. The molecule has 4 nitrogen and oxygen atoms in total. The molecule has 1 unspecified atom stereocenters. The van der Waals surface area contributed by atoms with Crippen molar-refractivity contribution in [3.05, 3.63) is 40.7 Å². The normalized spacial score (nSPS) is 21.6. The Morgan fingerprint density at radius 3 is 2.75 bits per heavy atom. The van der Waals surface area contributed by atoms with Gasteiger partial charge in [-0.15, -0.1) is 0 Å². The number of hydrogen-bond acceptors (Lipinski definition) is 3. The molecule has 0 radical (unpaired) electrons. The molecule has 130 valence electrons. The standard InChI is InChI=1S/C17H19BrClNO.CH3NO/c1-2-12-8-16(20-11-13(12)7-14(19)10-18)15-9-17(15)3-5-21-6-4-17;2-1-3/h2,7-8,11,15H,1,3-6,9-10H2;1H,(H2,2,3)/b14-7+;. The molecule has 2 aliphatic rings. The Hall–Kier alpha value is -1.17. The summed E-state index contributed by atoms with van der Waals surface area (Å²) in [6.45, 7) is 5.71. The van der Waals surface area contributed by atoms with Crippen molar-refractivity contribution < 1.29 is 9.53 Å². The first-order valence-corrected chi connectivity index (χ1v) is 9.37. The molecule has 24 heavy (non-hydrogen) atoms. The molecule has 1 aliphatic carbocycles. The number of alkyl halides is 1. The van der Waals surface area contributed by atoms with Crippen molar-refractivity contribution in [3.63, 3.8) is 0 Å². The topological polar surface area (TPSA) is 65.2 Å². The van der Waals surface area contributed by atoms with Gasteiger partial charge in [0.2, 0.25) is 6.41 Å². The highest BCUT2D eigenvalue weighted by molar-refractivity contribution is 9.09. The molecule has 1 amide bonds. The molecule has 1 spiro atoms. The number of hydrogen-bond donors (Lipinski definition) is 1. The largest absolute Gasteiger partial charge is 0.381 e. The van der Waals surface area contributed by atoms with E-state index in [1.807, 2.05) is 18.3 Å². The number of aromatic nitrogens is 1. The summed E-state index contributed by atoms with van der Waals surface area (Å²) >= 11 is 9.45. The third kappa shape index (κ3) is 4.47. The number of rotatable bonds is 4. The van der Waals surface area contributed by atoms with Crippen LogP contribution in [0, 0.1) is 5.41 Å². The molecule has 1 aromatic rings. The van der Waals surface area contributed by atoms with Gasteiger partial charge in [-0.3, -0.25) is 9.78 Å². The first-order chi connectivity index (χ1) is 11.6. The van der Waals surface area contributed by atoms with Crippen LogP contribution < -0.4 is 5.73 Å². The number of nitrogens with zero attached hydrogens (tertiary/aromatic N) is 1. The summed E-state index contributed by atoms with van der Waals surface area (Å²) in [5.74, 6) is 0.588. The second kappa shape index (κ2) is 8.79. The number of carbonyl (C=O) groups excluding carboxylic acids is 1. The number of allylic oxidation sites excluding steroid dienone is 1. The monoisotopic (exact) mass is 412 g/mol. The quantitative estimate of drug-likeness (QED) is 0.597. The third-order valence-electron chi connectivity index (χ3n) is 4.68. The van der Waals surface area contributed by atoms with Gasteiger partial charge in [0.15, 0.2) is 0 Å². The summed E-state index contributed by atoms with van der Waals surface area (Å²) < 4.78 is 5.49. The fraction of sp³-hybridized carbons (Fsp3) is 0.444. The predicted molar refractivity (Wildman–Crippen MR) is 102 cm³/mol. The number of nitrogens with two attached hydrogens (primary N) is 1. The highest BCUT2D eigenvalue weighted by Gasteiger charge is 2.55. The van der Waals surface area contributed by atoms with E-state index in [2.05, 4.69) is 39.3 Å². The molecule has 1 aromatic heterocycles. The second-order valence-corrected chi connectivity index (χ2v) is 7.08. The van der Waals surface area contributed by atoms with Gasteiger partial charge >= 0.3 is 0 Å². The molecule has 1 atom stereocenters. The Kier molecular flexibility index (Phi) is 7.02. The molecular weight excluding hydrogens is 392 g/mol. The Morgan fingerprint density at radius 1 is 1.50 bits per heavy atom. The molecule has 0 aromatic carbocycles. The van der Waals surface area contributed by atoms with Crippen LogP contribution in [-0.2, 0) is 9.53 Å². The zero-order valence-corrected chi connectivity index (χ0v) is 15.9. The number of pyridine rings is 1. The van der Waals surface area contributed by atoms with E-state index in [0.717, 1.165) is 29.4 Å². The van der Waals surface area contributed by atoms with Gasteiger partial charge in [-0.1, -0.05) is 40.2 Å². The van der Waals surface area contributed by atoms with Crippen LogP contribution in [0.5, 0.6) is 0 Å². The zero-order chi connectivity index (χ0) is 17.6. The van der Waals surface area contributed by atoms with Crippen molar-refractivity contribution in [2.24, 2.45) is 11.1 Å². The lowest BCUT2D eigenvalue weighted by Gasteiger charge is -2.22. The van der Waals surface area contributed by atoms with Gasteiger partial charge in [0, 0.05) is 46.9 Å². The van der Waals surface area contributed by atoms with Crippen LogP contribution in [0.1, 0.15) is 42.0 Å². The van der Waals surface area contributed by atoms with Crippen molar-refractivity contribution in [1.29, 1.82) is 0 Å². The SMILES string of the molecule is C=Cc1cc(C2CC23CCOCC3)ncc1/C=C(/Cl)CBr.NC=O. The molecule has 2 heterocycles. The van der Waals surface area contributed by atoms with Crippen LogP contribution >= 0.6 is 27.5 Å². The van der Waals surface area contributed by atoms with Gasteiger partial charge in [-0.05, 0) is 42.4 Å². The molecule has 1 aliphatic heterocycles. The van der Waals surface area contributed by atoms with E-state index in [4.69, 9.17) is 21.1 Å². The first-order valence-electron chi connectivity index (χ1n) is 7.87. The first kappa shape index (κ1) is 19.2. The Balaban J connectivity index is 0.000000647. The third-order valence-corrected chi connectivity index (χ3v) is 5.85. The van der Waals surface area contributed by atoms with Crippen LogP contribution in [0.4, 0.5) is 0 Å². The van der Waals surface area contributed by atoms with Gasteiger partial charge in [-0.25, -0.2) is 0 Å². The van der Waals surface area contributed by atoms with E-state index in [0.29, 0.717) is 16.7 Å². The van der Waals surface area contributed by atoms with Gasteiger partial charge in [0.25, 0.3) is 0 Å². The Labute approximate surface area is 156 Å². The van der Waals surface area contributed by atoms with E-state index in [1.54, 1.807) is 0 Å². The van der Waals surface area contributed by atoms with E-state index < -0.39 is 0 Å². The number of carbonyl (C=O) groups is 1. The molecular formula is C18H22BrClN2O2. The molecule has 6 heteroatoms. The maximum Gasteiger partial charge on any atom is 0.204 e. The summed E-state index contributed by atoms with van der Waals surface area (Å²) in [5.41, 5.74) is 7.95. The minimum Gasteiger partial charge on any atom is -0.381 e. The number of primary amides is 1. The van der Waals surface area contributed by atoms with Crippen LogP contribution in [-0.4, -0.2) is 29.9 Å². The van der Waals surface area contributed by atoms with Crippen molar-refractivity contribution in [2.45, 2.75) is 25.2 Å². The van der Waals surface area contributed by atoms with Crippen LogP contribution in [0.3, 0.4) is 0 Å². The number of ether oxygens (including phenoxy) is 1. The summed E-state index contributed by atoms with van der Waals surface area (Å²) in [4.78, 5) is 13.3. The molecule has 2 fully saturated rings. The average molecular weight is 414 g/mol. The van der Waals surface area contributed by atoms with Gasteiger partial charge < -0.3 is 10.5 Å². The number of amides is 1. The lowest BCUT2D eigenvalue weighted by Crippen LogP contribution is -2.18. The summed E-state index contributed by atoms with van der Waals surface area (Å²) in [7, 11) is 0. The van der Waals surface area contributed by atoms with Crippen molar-refractivity contribution in [2.75, 3.05) is 18.5 Å². The predicted octanol–water partition coefficient (Wildman–Crippen LogP) is 4.08. The summed E-state index contributed by atoms with van der Waals surface area (Å²) in [5, 5.41) is 1.42. The van der Waals surface area contributed by atoms with Gasteiger partial charge in [-0.2, -0.15) is 0 Å². The van der Waals surface area contributed by atoms with Crippen LogP contribution in [0.2, 0.25) is 0 Å². The lowest BCUT2D eigenvalue weighted by atomic mass is 9.92. The van der Waals surface area contributed by atoms with E-state index in [-0.39, 0.29) is 6.41 Å². The van der Waals surface area contributed by atoms with Crippen molar-refractivity contribution in [3.8, 4) is 0 Å². The average Bonchev–Trinajstić information content (AvgIpc) is 3.29. The molecule has 2 N–H and O–H groups in total. The highest BCUT2D eigenvalue weighted by atomic mass is 79.9. The minimum atomic E-state index is 0.250. The van der Waals surface area contributed by atoms with E-state index >= 15 is 0 Å². The Bertz CT molecular complexity index is 627. The fourth-order valence-electron chi connectivity index (χ4n) is 3.29. The van der Waals surface area contributed by atoms with Crippen molar-refractivity contribution in [1.82, 2.24) is 4.98 Å². The molecule has 0 bridgehead atoms. The number of halogens is 2. The van der Waals surface area contributed by atoms with E-state index in [1.165, 1.54) is 25.0 Å². The smallest absolute Gasteiger partial charge is 0.204 e. The van der Waals surface area contributed by atoms with E-state index in [9.17, 15) is 0 Å². The molecule has 3 rings (SSSR count). The highest BCUT2D eigenvalue weighted by Crippen LogP contribution is 2.64. The summed E-state index contributed by atoms with van der Waals surface area (Å²) in [6.07, 6.45) is 9.58. The van der Waals surface area contributed by atoms with Crippen LogP contribution in [0.15, 0.2) is 23.9 Å². The summed E-state index contributed by atoms with van der Waals surface area (Å²) in [6, 6.07) is 2.17. The minimum absolute atomic E-state index is 0.250. The fourth-order valence-corrected chi connectivity index (χ4v) is 3.57. The molecule has 1 saturated carbocycles. The van der Waals surface area contributed by atoms with Crippen LogP contribution in [0.25, 0.3) is 12.2 Å². The van der Waals surface area contributed by atoms with Crippen molar-refractivity contribution >= 4 is 46.1 Å². The Morgan fingerprint density at radius 2 is 2.17 bits per heavy atom. The lowest BCUT2D eigenvalue weighted by molar-refractivity contribution is -0.106.